The average molecular weight is 386 g/mol. The van der Waals surface area contributed by atoms with Gasteiger partial charge >= 0.3 is 0 Å². The van der Waals surface area contributed by atoms with E-state index in [9.17, 15) is 9.59 Å². The van der Waals surface area contributed by atoms with Crippen molar-refractivity contribution in [1.82, 2.24) is 10.2 Å². The number of hydrogen-bond donors (Lipinski definition) is 1. The van der Waals surface area contributed by atoms with Crippen LogP contribution in [0.15, 0.2) is 40.8 Å². The lowest BCUT2D eigenvalue weighted by Gasteiger charge is -2.33. The molecule has 2 heterocycles. The molecule has 150 valence electrons. The van der Waals surface area contributed by atoms with E-state index in [1.807, 2.05) is 19.1 Å². The van der Waals surface area contributed by atoms with Crippen LogP contribution in [-0.4, -0.2) is 56.0 Å². The number of carbonyl (C=O) groups is 2. The highest BCUT2D eigenvalue weighted by Gasteiger charge is 2.25. The molecule has 7 nitrogen and oxygen atoms in total. The molecule has 3 rings (SSSR count). The van der Waals surface area contributed by atoms with Crippen molar-refractivity contribution in [2.45, 2.75) is 19.9 Å². The lowest BCUT2D eigenvalue weighted by Crippen LogP contribution is -2.44. The number of ketones is 1. The Balaban J connectivity index is 1.53. The van der Waals surface area contributed by atoms with E-state index in [4.69, 9.17) is 13.9 Å². The van der Waals surface area contributed by atoms with E-state index in [-0.39, 0.29) is 24.3 Å². The zero-order valence-electron chi connectivity index (χ0n) is 16.3. The molecule has 0 unspecified atom stereocenters. The van der Waals surface area contributed by atoms with Gasteiger partial charge < -0.3 is 19.2 Å². The van der Waals surface area contributed by atoms with Crippen molar-refractivity contribution in [3.63, 3.8) is 0 Å². The molecule has 1 fully saturated rings. The van der Waals surface area contributed by atoms with Gasteiger partial charge in [-0.1, -0.05) is 0 Å². The topological polar surface area (TPSA) is 81.0 Å². The number of amides is 1. The minimum Gasteiger partial charge on any atom is -0.484 e. The summed E-state index contributed by atoms with van der Waals surface area (Å²) in [7, 11) is 0. The number of carbonyl (C=O) groups excluding carboxylic acids is 2. The van der Waals surface area contributed by atoms with Gasteiger partial charge in [0.05, 0.1) is 19.3 Å². The molecule has 1 aromatic carbocycles. The lowest BCUT2D eigenvalue weighted by molar-refractivity contribution is -0.123. The fourth-order valence-electron chi connectivity index (χ4n) is 3.13. The van der Waals surface area contributed by atoms with Crippen LogP contribution in [0.1, 0.15) is 34.8 Å². The van der Waals surface area contributed by atoms with Crippen LogP contribution in [0.25, 0.3) is 0 Å². The number of morpholine rings is 1. The average Bonchev–Trinajstić information content (AvgIpc) is 3.13. The third-order valence-electron chi connectivity index (χ3n) is 4.70. The number of ether oxygens (including phenoxy) is 2. The van der Waals surface area contributed by atoms with Crippen molar-refractivity contribution in [1.29, 1.82) is 0 Å². The van der Waals surface area contributed by atoms with Gasteiger partial charge in [-0.2, -0.15) is 0 Å². The van der Waals surface area contributed by atoms with E-state index in [0.29, 0.717) is 31.1 Å². The van der Waals surface area contributed by atoms with Crippen LogP contribution in [0.3, 0.4) is 0 Å². The monoisotopic (exact) mass is 386 g/mol. The lowest BCUT2D eigenvalue weighted by atomic mass is 10.1. The van der Waals surface area contributed by atoms with Crippen molar-refractivity contribution < 1.29 is 23.5 Å². The van der Waals surface area contributed by atoms with Crippen LogP contribution >= 0.6 is 0 Å². The normalized spacial score (nSPS) is 15.8. The zero-order chi connectivity index (χ0) is 19.9. The molecule has 1 aromatic heterocycles. The van der Waals surface area contributed by atoms with E-state index < -0.39 is 0 Å². The molecule has 7 heteroatoms. The number of rotatable bonds is 8. The number of benzene rings is 1. The summed E-state index contributed by atoms with van der Waals surface area (Å²) in [6, 6.07) is 10.6. The summed E-state index contributed by atoms with van der Waals surface area (Å²) in [5.41, 5.74) is 0.610. The first-order valence-electron chi connectivity index (χ1n) is 9.41. The van der Waals surface area contributed by atoms with Crippen molar-refractivity contribution in [3.05, 3.63) is 53.5 Å². The highest BCUT2D eigenvalue weighted by Crippen LogP contribution is 2.23. The van der Waals surface area contributed by atoms with E-state index >= 15 is 0 Å². The SMILES string of the molecule is CC(=O)c1ccc(OCC(=O)NC[C@@H](c2ccc(C)o2)N2CCOCC2)cc1. The highest BCUT2D eigenvalue weighted by molar-refractivity contribution is 5.94. The van der Waals surface area contributed by atoms with Gasteiger partial charge in [0.15, 0.2) is 12.4 Å². The fraction of sp³-hybridized carbons (Fsp3) is 0.429. The molecule has 1 atom stereocenters. The van der Waals surface area contributed by atoms with E-state index in [2.05, 4.69) is 10.2 Å². The molecule has 1 amide bonds. The van der Waals surface area contributed by atoms with E-state index in [0.717, 1.165) is 24.6 Å². The highest BCUT2D eigenvalue weighted by atomic mass is 16.5. The Morgan fingerprint density at radius 2 is 1.86 bits per heavy atom. The largest absolute Gasteiger partial charge is 0.484 e. The number of aryl methyl sites for hydroxylation is 1. The molecule has 0 bridgehead atoms. The third-order valence-corrected chi connectivity index (χ3v) is 4.70. The minimum absolute atomic E-state index is 0.00777. The smallest absolute Gasteiger partial charge is 0.258 e. The van der Waals surface area contributed by atoms with Crippen LogP contribution in [-0.2, 0) is 9.53 Å². The number of furan rings is 1. The van der Waals surface area contributed by atoms with Crippen molar-refractivity contribution in [3.8, 4) is 5.75 Å². The Labute approximate surface area is 164 Å². The Morgan fingerprint density at radius 1 is 1.14 bits per heavy atom. The molecular formula is C21H26N2O5. The molecule has 2 aromatic rings. The zero-order valence-corrected chi connectivity index (χ0v) is 16.3. The second-order valence-corrected chi connectivity index (χ2v) is 6.79. The summed E-state index contributed by atoms with van der Waals surface area (Å²) in [4.78, 5) is 25.8. The second kappa shape index (κ2) is 9.52. The number of nitrogens with zero attached hydrogens (tertiary/aromatic N) is 1. The molecule has 1 saturated heterocycles. The first-order chi connectivity index (χ1) is 13.5. The molecule has 0 radical (unpaired) electrons. The van der Waals surface area contributed by atoms with Crippen LogP contribution < -0.4 is 10.1 Å². The molecule has 0 saturated carbocycles. The summed E-state index contributed by atoms with van der Waals surface area (Å²) in [6.45, 7) is 6.68. The standard InChI is InChI=1S/C21H26N2O5/c1-15-3-8-20(28-15)19(23-9-11-26-12-10-23)13-22-21(25)14-27-18-6-4-17(5-7-18)16(2)24/h3-8,19H,9-14H2,1-2H3,(H,22,25)/t19-/m0/s1. The van der Waals surface area contributed by atoms with Crippen LogP contribution in [0, 0.1) is 6.92 Å². The quantitative estimate of drug-likeness (QED) is 0.702. The maximum absolute atomic E-state index is 12.3. The molecule has 1 aliphatic rings. The maximum Gasteiger partial charge on any atom is 0.258 e. The van der Waals surface area contributed by atoms with E-state index in [1.54, 1.807) is 24.3 Å². The first kappa shape index (κ1) is 20.1. The maximum atomic E-state index is 12.3. The van der Waals surface area contributed by atoms with Gasteiger partial charge in [-0.15, -0.1) is 0 Å². The first-order valence-corrected chi connectivity index (χ1v) is 9.41. The molecule has 0 spiro atoms. The van der Waals surface area contributed by atoms with Gasteiger partial charge in [0, 0.05) is 25.2 Å². The molecular weight excluding hydrogens is 360 g/mol. The van der Waals surface area contributed by atoms with Gasteiger partial charge in [0.2, 0.25) is 0 Å². The number of Topliss-reactive ketones (excluding diaryl/α,β-unsaturated/α-hetero) is 1. The second-order valence-electron chi connectivity index (χ2n) is 6.79. The molecule has 28 heavy (non-hydrogen) atoms. The predicted octanol–water partition coefficient (Wildman–Crippen LogP) is 2.36. The fourth-order valence-corrected chi connectivity index (χ4v) is 3.13. The van der Waals surface area contributed by atoms with Gasteiger partial charge in [0.1, 0.15) is 17.3 Å². The summed E-state index contributed by atoms with van der Waals surface area (Å²) >= 11 is 0. The minimum atomic E-state index is -0.211. The summed E-state index contributed by atoms with van der Waals surface area (Å²) < 4.78 is 16.7. The summed E-state index contributed by atoms with van der Waals surface area (Å²) in [6.07, 6.45) is 0. The Bertz CT molecular complexity index is 793. The van der Waals surface area contributed by atoms with Crippen LogP contribution in [0.2, 0.25) is 0 Å². The Morgan fingerprint density at radius 3 is 2.46 bits per heavy atom. The van der Waals surface area contributed by atoms with Crippen molar-refractivity contribution >= 4 is 11.7 Å². The van der Waals surface area contributed by atoms with Gasteiger partial charge in [0.25, 0.3) is 5.91 Å². The van der Waals surface area contributed by atoms with Crippen molar-refractivity contribution in [2.24, 2.45) is 0 Å². The molecule has 0 aliphatic carbocycles. The summed E-state index contributed by atoms with van der Waals surface area (Å²) in [5.74, 6) is 2.01. The van der Waals surface area contributed by atoms with Gasteiger partial charge in [-0.25, -0.2) is 0 Å². The number of nitrogens with one attached hydrogen (secondary N) is 1. The summed E-state index contributed by atoms with van der Waals surface area (Å²) in [5, 5.41) is 2.93. The van der Waals surface area contributed by atoms with Crippen molar-refractivity contribution in [2.75, 3.05) is 39.5 Å². The Hall–Kier alpha value is -2.64. The number of hydrogen-bond acceptors (Lipinski definition) is 6. The van der Waals surface area contributed by atoms with Gasteiger partial charge in [-0.05, 0) is 50.2 Å². The Kier molecular flexibility index (Phi) is 6.84. The molecule has 1 aliphatic heterocycles. The predicted molar refractivity (Wildman–Crippen MR) is 104 cm³/mol. The van der Waals surface area contributed by atoms with Crippen LogP contribution in [0.5, 0.6) is 5.75 Å². The van der Waals surface area contributed by atoms with Crippen LogP contribution in [0.4, 0.5) is 0 Å². The third kappa shape index (κ3) is 5.43. The van der Waals surface area contributed by atoms with E-state index in [1.165, 1.54) is 6.92 Å². The van der Waals surface area contributed by atoms with Gasteiger partial charge in [-0.3, -0.25) is 14.5 Å². The molecule has 1 N–H and O–H groups in total.